The van der Waals surface area contributed by atoms with Crippen molar-refractivity contribution in [3.8, 4) is 5.75 Å². The second kappa shape index (κ2) is 7.72. The van der Waals surface area contributed by atoms with Gasteiger partial charge in [0.05, 0.1) is 15.8 Å². The number of amides is 1. The number of nitrogens with zero attached hydrogens (tertiary/aromatic N) is 1. The normalized spacial score (nSPS) is 15.1. The van der Waals surface area contributed by atoms with Crippen LogP contribution in [0.3, 0.4) is 0 Å². The summed E-state index contributed by atoms with van der Waals surface area (Å²) in [6.07, 6.45) is 0.537. The highest BCUT2D eigenvalue weighted by molar-refractivity contribution is 7.90. The van der Waals surface area contributed by atoms with Crippen molar-refractivity contribution in [1.82, 2.24) is 9.71 Å². The van der Waals surface area contributed by atoms with Crippen LogP contribution in [0.2, 0.25) is 5.02 Å². The minimum atomic E-state index is -4.26. The molecule has 2 aromatic carbocycles. The number of carbonyl (C=O) groups is 1. The number of pyridine rings is 1. The number of sulfonamides is 1. The van der Waals surface area contributed by atoms with Gasteiger partial charge in [-0.2, -0.15) is 8.78 Å². The van der Waals surface area contributed by atoms with Crippen molar-refractivity contribution >= 4 is 38.4 Å². The molecule has 1 aliphatic rings. The van der Waals surface area contributed by atoms with E-state index < -0.39 is 28.0 Å². The molecular weight excluding hydrogens is 450 g/mol. The molecule has 0 unspecified atom stereocenters. The van der Waals surface area contributed by atoms with Gasteiger partial charge in [0.25, 0.3) is 10.0 Å². The van der Waals surface area contributed by atoms with Gasteiger partial charge in [0.1, 0.15) is 5.75 Å². The number of carbonyl (C=O) groups excluding carboxylic acids is 1. The van der Waals surface area contributed by atoms with Crippen LogP contribution in [0.25, 0.3) is 10.9 Å². The van der Waals surface area contributed by atoms with Crippen LogP contribution < -0.4 is 9.46 Å². The molecule has 3 aromatic rings. The highest BCUT2D eigenvalue weighted by Crippen LogP contribution is 2.52. The molecule has 0 bridgehead atoms. The molecule has 1 aromatic heterocycles. The Morgan fingerprint density at radius 1 is 1.19 bits per heavy atom. The molecule has 0 atom stereocenters. The lowest BCUT2D eigenvalue weighted by molar-refractivity contribution is -0.122. The first-order valence-corrected chi connectivity index (χ1v) is 11.2. The van der Waals surface area contributed by atoms with Gasteiger partial charge in [-0.25, -0.2) is 13.1 Å². The largest absolute Gasteiger partial charge is 0.435 e. The fraction of sp³-hybridized carbons (Fsp3) is 0.238. The molecule has 1 saturated carbocycles. The Balaban J connectivity index is 1.70. The van der Waals surface area contributed by atoms with E-state index in [9.17, 15) is 22.0 Å². The van der Waals surface area contributed by atoms with Crippen molar-refractivity contribution in [3.63, 3.8) is 0 Å². The first-order chi connectivity index (χ1) is 14.6. The highest BCUT2D eigenvalue weighted by atomic mass is 35.5. The van der Waals surface area contributed by atoms with Crippen LogP contribution in [0.5, 0.6) is 5.75 Å². The molecule has 0 radical (unpaired) electrons. The Morgan fingerprint density at radius 2 is 1.94 bits per heavy atom. The monoisotopic (exact) mass is 466 g/mol. The zero-order valence-electron chi connectivity index (χ0n) is 16.2. The van der Waals surface area contributed by atoms with Crippen molar-refractivity contribution in [1.29, 1.82) is 0 Å². The summed E-state index contributed by atoms with van der Waals surface area (Å²) >= 11 is 6.00. The SMILES string of the molecule is Cc1ccc2c(S(=O)(=O)NC(=O)C3(c4cc(Cl)ccc4OC(F)F)CC3)cccc2n1. The molecule has 1 aliphatic carbocycles. The fourth-order valence-electron chi connectivity index (χ4n) is 3.56. The molecule has 4 rings (SSSR count). The minimum absolute atomic E-state index is 0.100. The molecule has 0 spiro atoms. The lowest BCUT2D eigenvalue weighted by atomic mass is 9.94. The summed E-state index contributed by atoms with van der Waals surface area (Å²) in [6.45, 7) is -1.32. The molecule has 1 fully saturated rings. The quantitative estimate of drug-likeness (QED) is 0.584. The number of benzene rings is 2. The predicted octanol–water partition coefficient (Wildman–Crippen LogP) is 4.33. The maximum Gasteiger partial charge on any atom is 0.387 e. The number of hydrogen-bond donors (Lipinski definition) is 1. The van der Waals surface area contributed by atoms with Crippen LogP contribution >= 0.6 is 11.6 Å². The van der Waals surface area contributed by atoms with Crippen LogP contribution in [-0.2, 0) is 20.2 Å². The lowest BCUT2D eigenvalue weighted by Crippen LogP contribution is -2.39. The van der Waals surface area contributed by atoms with Gasteiger partial charge in [0, 0.05) is 21.7 Å². The van der Waals surface area contributed by atoms with Crippen molar-refractivity contribution in [3.05, 3.63) is 64.8 Å². The third kappa shape index (κ3) is 4.07. The van der Waals surface area contributed by atoms with Gasteiger partial charge in [-0.15, -0.1) is 0 Å². The van der Waals surface area contributed by atoms with E-state index >= 15 is 0 Å². The van der Waals surface area contributed by atoms with Crippen molar-refractivity contribution in [2.45, 2.75) is 36.7 Å². The standard InChI is InChI=1S/C21H17ClF2N2O4S/c1-12-5-7-14-16(25-12)3-2-4-18(14)31(28,29)26-19(27)21(9-10-21)15-11-13(22)6-8-17(15)30-20(23)24/h2-8,11,20H,9-10H2,1H3,(H,26,27). The summed E-state index contributed by atoms with van der Waals surface area (Å²) in [4.78, 5) is 17.3. The number of halogens is 3. The van der Waals surface area contributed by atoms with E-state index in [-0.39, 0.29) is 34.1 Å². The number of nitrogens with one attached hydrogen (secondary N) is 1. The van der Waals surface area contributed by atoms with E-state index in [4.69, 9.17) is 11.6 Å². The number of aromatic nitrogens is 1. The second-order valence-electron chi connectivity index (χ2n) is 7.31. The number of hydrogen-bond acceptors (Lipinski definition) is 5. The minimum Gasteiger partial charge on any atom is -0.435 e. The second-order valence-corrected chi connectivity index (χ2v) is 9.40. The van der Waals surface area contributed by atoms with Gasteiger partial charge in [0.2, 0.25) is 5.91 Å². The Labute approximate surface area is 182 Å². The molecule has 1 N–H and O–H groups in total. The Morgan fingerprint density at radius 3 is 2.61 bits per heavy atom. The molecule has 10 heteroatoms. The third-order valence-electron chi connectivity index (χ3n) is 5.21. The first kappa shape index (κ1) is 21.5. The molecule has 162 valence electrons. The Hall–Kier alpha value is -2.78. The smallest absolute Gasteiger partial charge is 0.387 e. The van der Waals surface area contributed by atoms with E-state index in [0.717, 1.165) is 5.69 Å². The van der Waals surface area contributed by atoms with Crippen LogP contribution in [0.15, 0.2) is 53.4 Å². The summed E-state index contributed by atoms with van der Waals surface area (Å²) in [6, 6.07) is 11.8. The Bertz CT molecular complexity index is 1290. The maximum absolute atomic E-state index is 13.1. The van der Waals surface area contributed by atoms with Gasteiger partial charge in [-0.1, -0.05) is 17.7 Å². The first-order valence-electron chi connectivity index (χ1n) is 9.31. The average molecular weight is 467 g/mol. The molecule has 0 aliphatic heterocycles. The van der Waals surface area contributed by atoms with E-state index in [1.807, 2.05) is 0 Å². The molecule has 6 nitrogen and oxygen atoms in total. The predicted molar refractivity (Wildman–Crippen MR) is 111 cm³/mol. The summed E-state index contributed by atoms with van der Waals surface area (Å²) in [5.41, 5.74) is -0.000561. The summed E-state index contributed by atoms with van der Waals surface area (Å²) in [5.74, 6) is -1.04. The zero-order chi connectivity index (χ0) is 22.4. The van der Waals surface area contributed by atoms with E-state index in [0.29, 0.717) is 10.9 Å². The van der Waals surface area contributed by atoms with E-state index in [1.54, 1.807) is 25.1 Å². The van der Waals surface area contributed by atoms with Crippen LogP contribution in [0, 0.1) is 6.92 Å². The van der Waals surface area contributed by atoms with E-state index in [2.05, 4.69) is 14.4 Å². The number of aryl methyl sites for hydroxylation is 1. The fourth-order valence-corrected chi connectivity index (χ4v) is 5.00. The zero-order valence-corrected chi connectivity index (χ0v) is 17.8. The van der Waals surface area contributed by atoms with Crippen LogP contribution in [0.1, 0.15) is 24.1 Å². The summed E-state index contributed by atoms with van der Waals surface area (Å²) in [5, 5.41) is 0.580. The Kier molecular flexibility index (Phi) is 5.35. The summed E-state index contributed by atoms with van der Waals surface area (Å²) in [7, 11) is -4.26. The van der Waals surface area contributed by atoms with E-state index in [1.165, 1.54) is 30.3 Å². The number of alkyl halides is 2. The third-order valence-corrected chi connectivity index (χ3v) is 6.83. The molecule has 31 heavy (non-hydrogen) atoms. The van der Waals surface area contributed by atoms with Crippen molar-refractivity contribution in [2.75, 3.05) is 0 Å². The maximum atomic E-state index is 13.1. The van der Waals surface area contributed by atoms with Crippen LogP contribution in [-0.4, -0.2) is 25.9 Å². The topological polar surface area (TPSA) is 85.4 Å². The highest BCUT2D eigenvalue weighted by Gasteiger charge is 2.54. The molecule has 0 saturated heterocycles. The van der Waals surface area contributed by atoms with Gasteiger partial charge in [-0.3, -0.25) is 9.78 Å². The average Bonchev–Trinajstić information content (AvgIpc) is 3.50. The van der Waals surface area contributed by atoms with Crippen molar-refractivity contribution < 1.29 is 26.7 Å². The van der Waals surface area contributed by atoms with Gasteiger partial charge in [0.15, 0.2) is 0 Å². The van der Waals surface area contributed by atoms with Gasteiger partial charge < -0.3 is 4.74 Å². The molecule has 1 heterocycles. The number of fused-ring (bicyclic) bond motifs is 1. The summed E-state index contributed by atoms with van der Waals surface area (Å²) < 4.78 is 58.4. The lowest BCUT2D eigenvalue weighted by Gasteiger charge is -2.20. The number of ether oxygens (including phenoxy) is 1. The van der Waals surface area contributed by atoms with Crippen LogP contribution in [0.4, 0.5) is 8.78 Å². The molecule has 1 amide bonds. The van der Waals surface area contributed by atoms with Gasteiger partial charge >= 0.3 is 6.61 Å². The van der Waals surface area contributed by atoms with Crippen molar-refractivity contribution in [2.24, 2.45) is 0 Å². The number of rotatable bonds is 6. The molecular formula is C21H17ClF2N2O4S. The van der Waals surface area contributed by atoms with Gasteiger partial charge in [-0.05, 0) is 62.2 Å².